The SMILES string of the molecule is CCc1cc(C(=O)Nc2cc(F)c(C)cc2F)cc(Cl)n1. The van der Waals surface area contributed by atoms with Gasteiger partial charge in [-0.15, -0.1) is 0 Å². The Morgan fingerprint density at radius 1 is 1.24 bits per heavy atom. The molecule has 1 aromatic heterocycles. The molecule has 0 radical (unpaired) electrons. The largest absolute Gasteiger partial charge is 0.319 e. The summed E-state index contributed by atoms with van der Waals surface area (Å²) in [6.07, 6.45) is 0.606. The van der Waals surface area contributed by atoms with Gasteiger partial charge in [0, 0.05) is 17.3 Å². The van der Waals surface area contributed by atoms with E-state index in [2.05, 4.69) is 10.3 Å². The summed E-state index contributed by atoms with van der Waals surface area (Å²) in [5, 5.41) is 2.51. The summed E-state index contributed by atoms with van der Waals surface area (Å²) in [6.45, 7) is 3.32. The Hall–Kier alpha value is -2.01. The summed E-state index contributed by atoms with van der Waals surface area (Å²) in [6, 6.07) is 4.91. The average Bonchev–Trinajstić information content (AvgIpc) is 2.43. The second-order valence-corrected chi connectivity index (χ2v) is 4.95. The second-order valence-electron chi connectivity index (χ2n) is 4.56. The van der Waals surface area contributed by atoms with Crippen molar-refractivity contribution in [1.82, 2.24) is 4.98 Å². The van der Waals surface area contributed by atoms with Gasteiger partial charge in [0.25, 0.3) is 5.91 Å². The van der Waals surface area contributed by atoms with Crippen LogP contribution in [0.15, 0.2) is 24.3 Å². The molecule has 0 saturated heterocycles. The number of hydrogen-bond donors (Lipinski definition) is 1. The minimum Gasteiger partial charge on any atom is -0.319 e. The van der Waals surface area contributed by atoms with Crippen LogP contribution in [0.2, 0.25) is 5.15 Å². The molecule has 0 bridgehead atoms. The number of nitrogens with zero attached hydrogens (tertiary/aromatic N) is 1. The molecular weight excluding hydrogens is 298 g/mol. The first-order valence-electron chi connectivity index (χ1n) is 6.34. The van der Waals surface area contributed by atoms with Crippen LogP contribution in [0.4, 0.5) is 14.5 Å². The molecule has 2 rings (SSSR count). The number of carbonyl (C=O) groups excluding carboxylic acids is 1. The number of rotatable bonds is 3. The van der Waals surface area contributed by atoms with Crippen molar-refractivity contribution in [1.29, 1.82) is 0 Å². The maximum absolute atomic E-state index is 13.7. The maximum Gasteiger partial charge on any atom is 0.255 e. The number of aryl methyl sites for hydroxylation is 2. The van der Waals surface area contributed by atoms with E-state index in [9.17, 15) is 13.6 Å². The third kappa shape index (κ3) is 3.55. The molecule has 0 aliphatic carbocycles. The molecule has 0 atom stereocenters. The number of anilines is 1. The zero-order chi connectivity index (χ0) is 15.6. The molecule has 0 fully saturated rings. The lowest BCUT2D eigenvalue weighted by Crippen LogP contribution is -2.14. The number of benzene rings is 1. The van der Waals surface area contributed by atoms with E-state index in [0.29, 0.717) is 12.1 Å². The van der Waals surface area contributed by atoms with Crippen molar-refractivity contribution in [2.75, 3.05) is 5.32 Å². The standard InChI is InChI=1S/C15H13ClF2N2O/c1-3-10-5-9(6-14(16)19-10)15(21)20-13-7-11(17)8(2)4-12(13)18/h4-7H,3H2,1-2H3,(H,20,21). The van der Waals surface area contributed by atoms with Crippen LogP contribution < -0.4 is 5.32 Å². The van der Waals surface area contributed by atoms with Gasteiger partial charge in [-0.25, -0.2) is 13.8 Å². The van der Waals surface area contributed by atoms with Crippen LogP contribution in [-0.4, -0.2) is 10.9 Å². The number of carbonyl (C=O) groups is 1. The van der Waals surface area contributed by atoms with Gasteiger partial charge in [-0.1, -0.05) is 18.5 Å². The number of pyridine rings is 1. The molecule has 110 valence electrons. The van der Waals surface area contributed by atoms with Gasteiger partial charge >= 0.3 is 0 Å². The van der Waals surface area contributed by atoms with Crippen LogP contribution in [0.5, 0.6) is 0 Å². The summed E-state index contributed by atoms with van der Waals surface area (Å²) < 4.78 is 27.2. The minimum atomic E-state index is -0.696. The molecule has 2 aromatic rings. The Morgan fingerprint density at radius 2 is 1.95 bits per heavy atom. The molecule has 1 heterocycles. The van der Waals surface area contributed by atoms with E-state index < -0.39 is 17.5 Å². The molecule has 1 aromatic carbocycles. The van der Waals surface area contributed by atoms with E-state index in [1.54, 1.807) is 6.07 Å². The predicted molar refractivity (Wildman–Crippen MR) is 77.7 cm³/mol. The van der Waals surface area contributed by atoms with Gasteiger partial charge in [-0.3, -0.25) is 4.79 Å². The molecule has 3 nitrogen and oxygen atoms in total. The van der Waals surface area contributed by atoms with E-state index in [1.165, 1.54) is 13.0 Å². The van der Waals surface area contributed by atoms with Crippen molar-refractivity contribution in [2.24, 2.45) is 0 Å². The number of halogens is 3. The zero-order valence-electron chi connectivity index (χ0n) is 11.5. The van der Waals surface area contributed by atoms with E-state index >= 15 is 0 Å². The van der Waals surface area contributed by atoms with Gasteiger partial charge in [-0.05, 0) is 37.1 Å². The number of aromatic nitrogens is 1. The molecule has 6 heteroatoms. The monoisotopic (exact) mass is 310 g/mol. The van der Waals surface area contributed by atoms with Crippen LogP contribution in [0.3, 0.4) is 0 Å². The van der Waals surface area contributed by atoms with Crippen molar-refractivity contribution < 1.29 is 13.6 Å². The van der Waals surface area contributed by atoms with E-state index in [4.69, 9.17) is 11.6 Å². The van der Waals surface area contributed by atoms with Gasteiger partial charge in [0.05, 0.1) is 5.69 Å². The average molecular weight is 311 g/mol. The lowest BCUT2D eigenvalue weighted by molar-refractivity contribution is 0.102. The third-order valence-corrected chi connectivity index (χ3v) is 3.16. The van der Waals surface area contributed by atoms with Crippen LogP contribution in [0, 0.1) is 18.6 Å². The quantitative estimate of drug-likeness (QED) is 0.866. The highest BCUT2D eigenvalue weighted by molar-refractivity contribution is 6.29. The van der Waals surface area contributed by atoms with Crippen molar-refractivity contribution in [2.45, 2.75) is 20.3 Å². The number of hydrogen-bond acceptors (Lipinski definition) is 2. The van der Waals surface area contributed by atoms with Crippen molar-refractivity contribution in [3.8, 4) is 0 Å². The molecule has 21 heavy (non-hydrogen) atoms. The minimum absolute atomic E-state index is 0.172. The van der Waals surface area contributed by atoms with Gasteiger partial charge in [0.2, 0.25) is 0 Å². The summed E-state index contributed by atoms with van der Waals surface area (Å²) in [4.78, 5) is 16.1. The Bertz CT molecular complexity index is 704. The Morgan fingerprint density at radius 3 is 2.62 bits per heavy atom. The number of nitrogens with one attached hydrogen (secondary N) is 1. The summed E-state index contributed by atoms with van der Waals surface area (Å²) in [5.74, 6) is -1.86. The summed E-state index contributed by atoms with van der Waals surface area (Å²) in [7, 11) is 0. The number of amides is 1. The fourth-order valence-corrected chi connectivity index (χ4v) is 2.03. The summed E-state index contributed by atoms with van der Waals surface area (Å²) in [5.41, 5.74) is 0.843. The van der Waals surface area contributed by atoms with E-state index in [0.717, 1.165) is 12.1 Å². The topological polar surface area (TPSA) is 42.0 Å². The highest BCUT2D eigenvalue weighted by Crippen LogP contribution is 2.20. The zero-order valence-corrected chi connectivity index (χ0v) is 12.3. The van der Waals surface area contributed by atoms with Gasteiger partial charge in [-0.2, -0.15) is 0 Å². The van der Waals surface area contributed by atoms with Gasteiger partial charge in [0.15, 0.2) is 0 Å². The van der Waals surface area contributed by atoms with Crippen LogP contribution in [-0.2, 0) is 6.42 Å². The van der Waals surface area contributed by atoms with Gasteiger partial charge < -0.3 is 5.32 Å². The molecule has 0 aliphatic heterocycles. The van der Waals surface area contributed by atoms with E-state index in [1.807, 2.05) is 6.92 Å². The molecule has 1 N–H and O–H groups in total. The van der Waals surface area contributed by atoms with Crippen molar-refractivity contribution in [3.63, 3.8) is 0 Å². The van der Waals surface area contributed by atoms with Gasteiger partial charge in [0.1, 0.15) is 16.8 Å². The Balaban J connectivity index is 2.30. The van der Waals surface area contributed by atoms with Crippen LogP contribution in [0.1, 0.15) is 28.5 Å². The fourth-order valence-electron chi connectivity index (χ4n) is 1.80. The molecule has 0 spiro atoms. The fraction of sp³-hybridized carbons (Fsp3) is 0.200. The highest BCUT2D eigenvalue weighted by Gasteiger charge is 2.13. The van der Waals surface area contributed by atoms with Crippen molar-refractivity contribution in [3.05, 3.63) is 57.9 Å². The van der Waals surface area contributed by atoms with Crippen molar-refractivity contribution >= 4 is 23.2 Å². The lowest BCUT2D eigenvalue weighted by atomic mass is 10.1. The molecule has 1 amide bonds. The van der Waals surface area contributed by atoms with Crippen LogP contribution in [0.25, 0.3) is 0 Å². The lowest BCUT2D eigenvalue weighted by Gasteiger charge is -2.09. The summed E-state index contributed by atoms with van der Waals surface area (Å²) >= 11 is 5.83. The molecule has 0 saturated carbocycles. The Labute approximate surface area is 126 Å². The highest BCUT2D eigenvalue weighted by atomic mass is 35.5. The second kappa shape index (κ2) is 6.18. The molecule has 0 unspecified atom stereocenters. The van der Waals surface area contributed by atoms with Crippen LogP contribution >= 0.6 is 11.6 Å². The first kappa shape index (κ1) is 15.4. The predicted octanol–water partition coefficient (Wildman–Crippen LogP) is 4.14. The first-order chi connectivity index (χ1) is 9.90. The van der Waals surface area contributed by atoms with E-state index in [-0.39, 0.29) is 22.0 Å². The molecule has 0 aliphatic rings. The first-order valence-corrected chi connectivity index (χ1v) is 6.72. The smallest absolute Gasteiger partial charge is 0.255 e. The molecular formula is C15H13ClF2N2O. The maximum atomic E-state index is 13.7. The Kier molecular flexibility index (Phi) is 4.53. The normalized spacial score (nSPS) is 10.5. The third-order valence-electron chi connectivity index (χ3n) is 2.97.